The highest BCUT2D eigenvalue weighted by molar-refractivity contribution is 6.34. The number of Topliss-reactive ketones (excluding diaryl/α,β-unsaturated/α-hetero) is 1. The summed E-state index contributed by atoms with van der Waals surface area (Å²) < 4.78 is 13.0. The van der Waals surface area contributed by atoms with Crippen LogP contribution < -0.4 is 20.5 Å². The van der Waals surface area contributed by atoms with Crippen LogP contribution >= 0.6 is 11.6 Å². The third-order valence-electron chi connectivity index (χ3n) is 10.3. The first-order valence-electron chi connectivity index (χ1n) is 13.2. The Balaban J connectivity index is 1.60. The summed E-state index contributed by atoms with van der Waals surface area (Å²) in [5.41, 5.74) is 8.14. The summed E-state index contributed by atoms with van der Waals surface area (Å²) in [5, 5.41) is 3.56. The van der Waals surface area contributed by atoms with E-state index in [0.717, 1.165) is 36.0 Å². The van der Waals surface area contributed by atoms with Gasteiger partial charge in [0.25, 0.3) is 5.91 Å². The van der Waals surface area contributed by atoms with E-state index in [4.69, 9.17) is 26.8 Å². The number of benzene rings is 2. The maximum atomic E-state index is 13.3. The van der Waals surface area contributed by atoms with Gasteiger partial charge in [0.05, 0.1) is 29.8 Å². The van der Waals surface area contributed by atoms with Gasteiger partial charge >= 0.3 is 0 Å². The van der Waals surface area contributed by atoms with Gasteiger partial charge in [-0.25, -0.2) is 0 Å². The largest absolute Gasteiger partial charge is 0.496 e. The minimum absolute atomic E-state index is 0.0164. The number of ether oxygens (including phenoxy) is 2. The van der Waals surface area contributed by atoms with Gasteiger partial charge in [0.15, 0.2) is 5.78 Å². The van der Waals surface area contributed by atoms with E-state index in [0.29, 0.717) is 34.4 Å². The van der Waals surface area contributed by atoms with Gasteiger partial charge in [0.2, 0.25) is 0 Å². The molecule has 6 rings (SSSR count). The van der Waals surface area contributed by atoms with Crippen molar-refractivity contribution in [1.82, 2.24) is 5.32 Å². The Kier molecular flexibility index (Phi) is 5.33. The van der Waals surface area contributed by atoms with E-state index in [1.54, 1.807) is 7.11 Å². The van der Waals surface area contributed by atoms with E-state index in [1.807, 2.05) is 44.2 Å². The lowest BCUT2D eigenvalue weighted by molar-refractivity contribution is -0.211. The molecule has 4 aliphatic rings. The topological polar surface area (TPSA) is 90.7 Å². The number of ketones is 1. The molecule has 0 aromatic heterocycles. The lowest BCUT2D eigenvalue weighted by atomic mass is 9.43. The van der Waals surface area contributed by atoms with Crippen molar-refractivity contribution in [3.8, 4) is 11.5 Å². The molecule has 0 saturated heterocycles. The quantitative estimate of drug-likeness (QED) is 0.563. The minimum atomic E-state index is -0.632. The van der Waals surface area contributed by atoms with Crippen LogP contribution in [-0.4, -0.2) is 30.4 Å². The van der Waals surface area contributed by atoms with Gasteiger partial charge in [-0.3, -0.25) is 9.59 Å². The highest BCUT2D eigenvalue weighted by Crippen LogP contribution is 2.66. The van der Waals surface area contributed by atoms with Crippen molar-refractivity contribution in [3.63, 3.8) is 0 Å². The average Bonchev–Trinajstić information content (AvgIpc) is 3.20. The molecule has 37 heavy (non-hydrogen) atoms. The van der Waals surface area contributed by atoms with Gasteiger partial charge in [-0.15, -0.1) is 0 Å². The molecule has 2 aromatic rings. The third-order valence-corrected chi connectivity index (χ3v) is 10.6. The monoisotopic (exact) mass is 522 g/mol. The first kappa shape index (κ1) is 24.7. The van der Waals surface area contributed by atoms with Crippen LogP contribution in [0.15, 0.2) is 30.3 Å². The lowest BCUT2D eigenvalue weighted by Gasteiger charge is -2.66. The summed E-state index contributed by atoms with van der Waals surface area (Å²) in [6, 6.07) is 8.54. The molecule has 2 fully saturated rings. The zero-order valence-electron chi connectivity index (χ0n) is 22.1. The summed E-state index contributed by atoms with van der Waals surface area (Å²) >= 11 is 6.80. The van der Waals surface area contributed by atoms with Crippen LogP contribution in [0.1, 0.15) is 80.0 Å². The smallest absolute Gasteiger partial charge is 0.254 e. The van der Waals surface area contributed by atoms with Crippen molar-refractivity contribution in [2.75, 3.05) is 7.11 Å². The molecule has 6 atom stereocenters. The first-order valence-corrected chi connectivity index (χ1v) is 13.6. The number of nitrogens with two attached hydrogens (primary N) is 1. The summed E-state index contributed by atoms with van der Waals surface area (Å²) in [4.78, 5) is 26.6. The fourth-order valence-corrected chi connectivity index (χ4v) is 8.50. The van der Waals surface area contributed by atoms with Gasteiger partial charge in [-0.1, -0.05) is 57.5 Å². The van der Waals surface area contributed by atoms with E-state index >= 15 is 0 Å². The number of carbonyl (C=O) groups is 2. The number of halogens is 1. The van der Waals surface area contributed by atoms with Crippen molar-refractivity contribution >= 4 is 23.3 Å². The molecular formula is C30H35ClN2O4. The van der Waals surface area contributed by atoms with E-state index in [9.17, 15) is 9.59 Å². The predicted molar refractivity (Wildman–Crippen MR) is 142 cm³/mol. The molecule has 196 valence electrons. The van der Waals surface area contributed by atoms with Gasteiger partial charge in [0, 0.05) is 34.3 Å². The minimum Gasteiger partial charge on any atom is -0.496 e. The maximum absolute atomic E-state index is 13.3. The summed E-state index contributed by atoms with van der Waals surface area (Å²) in [5.74, 6) is 1.66. The van der Waals surface area contributed by atoms with Crippen molar-refractivity contribution in [2.24, 2.45) is 28.4 Å². The second-order valence-electron chi connectivity index (χ2n) is 12.3. The number of para-hydroxylation sites is 1. The molecule has 1 amide bonds. The number of hydrogen-bond donors (Lipinski definition) is 2. The zero-order valence-corrected chi connectivity index (χ0v) is 22.9. The molecule has 2 saturated carbocycles. The molecular weight excluding hydrogens is 488 g/mol. The normalized spacial score (nSPS) is 35.4. The molecule has 2 aromatic carbocycles. The van der Waals surface area contributed by atoms with E-state index in [-0.39, 0.29) is 23.0 Å². The number of rotatable bonds is 2. The second-order valence-corrected chi connectivity index (χ2v) is 12.7. The second kappa shape index (κ2) is 7.97. The highest BCUT2D eigenvalue weighted by Gasteiger charge is 2.69. The summed E-state index contributed by atoms with van der Waals surface area (Å²) in [6.45, 7) is 8.66. The number of fused-ring (bicyclic) bond motifs is 3. The maximum Gasteiger partial charge on any atom is 0.254 e. The average molecular weight is 523 g/mol. The van der Waals surface area contributed by atoms with Gasteiger partial charge in [0.1, 0.15) is 17.1 Å². The fraction of sp³-hybridized carbons (Fsp3) is 0.533. The Hall–Kier alpha value is -2.57. The van der Waals surface area contributed by atoms with Gasteiger partial charge in [-0.2, -0.15) is 0 Å². The molecule has 6 nitrogen and oxygen atoms in total. The molecule has 1 spiro atoms. The molecule has 0 unspecified atom stereocenters. The van der Waals surface area contributed by atoms with Crippen LogP contribution in [0, 0.1) is 22.7 Å². The Morgan fingerprint density at radius 1 is 1.16 bits per heavy atom. The SMILES string of the molecule is COc1ccccc1[C@H]1NC(=O)c2c(Cl)cc3c(c21)O[C@@]12C[C@@H](N)C(=O)C(C)(C)[C@@H]1CC[C@H](C)[C@@]2(C)C3. The number of hydrogen-bond acceptors (Lipinski definition) is 5. The van der Waals surface area contributed by atoms with Crippen LogP contribution in [0.3, 0.4) is 0 Å². The van der Waals surface area contributed by atoms with Crippen LogP contribution in [0.25, 0.3) is 0 Å². The molecule has 2 aliphatic heterocycles. The van der Waals surface area contributed by atoms with Crippen LogP contribution in [0.2, 0.25) is 5.02 Å². The number of nitrogens with one attached hydrogen (secondary N) is 1. The number of amides is 1. The summed E-state index contributed by atoms with van der Waals surface area (Å²) in [7, 11) is 1.63. The molecule has 0 radical (unpaired) electrons. The van der Waals surface area contributed by atoms with Crippen molar-refractivity contribution in [1.29, 1.82) is 0 Å². The Labute approximate surface area is 223 Å². The predicted octanol–water partition coefficient (Wildman–Crippen LogP) is 5.23. The Morgan fingerprint density at radius 3 is 2.62 bits per heavy atom. The summed E-state index contributed by atoms with van der Waals surface area (Å²) in [6.07, 6.45) is 3.14. The Bertz CT molecular complexity index is 1340. The van der Waals surface area contributed by atoms with Gasteiger partial charge < -0.3 is 20.5 Å². The van der Waals surface area contributed by atoms with Crippen LogP contribution in [0.4, 0.5) is 0 Å². The van der Waals surface area contributed by atoms with Crippen molar-refractivity contribution < 1.29 is 19.1 Å². The standard InChI is InChI=1S/C30H35ClN2O4/c1-15-10-11-21-28(2,3)26(34)19(32)14-30(21)29(15,4)13-16-12-18(31)22-23(25(16)37-30)24(33-27(22)35)17-8-6-7-9-20(17)36-5/h6-9,12,15,19,21,24H,10-11,13-14,32H2,1-5H3,(H,33,35)/t15-,19+,21-,24+,29+,30-/m0/s1. The molecule has 0 bridgehead atoms. The van der Waals surface area contributed by atoms with E-state index in [1.165, 1.54) is 0 Å². The van der Waals surface area contributed by atoms with Crippen molar-refractivity contribution in [3.05, 3.63) is 57.6 Å². The molecule has 3 N–H and O–H groups in total. The van der Waals surface area contributed by atoms with Crippen LogP contribution in [0.5, 0.6) is 11.5 Å². The van der Waals surface area contributed by atoms with Crippen molar-refractivity contribution in [2.45, 2.75) is 71.1 Å². The lowest BCUT2D eigenvalue weighted by Crippen LogP contribution is -2.73. The van der Waals surface area contributed by atoms with E-state index in [2.05, 4.69) is 19.2 Å². The third kappa shape index (κ3) is 3.09. The fourth-order valence-electron chi connectivity index (χ4n) is 8.18. The Morgan fingerprint density at radius 2 is 1.89 bits per heavy atom. The number of methoxy groups -OCH3 is 1. The molecule has 7 heteroatoms. The van der Waals surface area contributed by atoms with Crippen LogP contribution in [-0.2, 0) is 11.2 Å². The molecule has 2 aliphatic carbocycles. The first-order chi connectivity index (χ1) is 17.5. The van der Waals surface area contributed by atoms with Gasteiger partial charge in [-0.05, 0) is 42.9 Å². The highest BCUT2D eigenvalue weighted by atomic mass is 35.5. The van der Waals surface area contributed by atoms with E-state index < -0.39 is 23.1 Å². The number of carbonyl (C=O) groups excluding carboxylic acids is 2. The zero-order chi connectivity index (χ0) is 26.5. The molecule has 2 heterocycles.